The van der Waals surface area contributed by atoms with Gasteiger partial charge in [-0.1, -0.05) is 18.2 Å². The average molecular weight is 471 g/mol. The van der Waals surface area contributed by atoms with Gasteiger partial charge in [0.15, 0.2) is 13.2 Å². The zero-order valence-electron chi connectivity index (χ0n) is 19.8. The molecule has 0 N–H and O–H groups in total. The zero-order chi connectivity index (χ0) is 24.7. The van der Waals surface area contributed by atoms with Crippen molar-refractivity contribution in [3.63, 3.8) is 0 Å². The highest BCUT2D eigenvalue weighted by Crippen LogP contribution is 2.23. The largest absolute Gasteiger partial charge is 0.484 e. The summed E-state index contributed by atoms with van der Waals surface area (Å²) in [6, 6.07) is 12.8. The van der Waals surface area contributed by atoms with E-state index >= 15 is 0 Å². The van der Waals surface area contributed by atoms with Crippen LogP contribution < -0.4 is 4.74 Å². The molecule has 0 aromatic heterocycles. The molecule has 2 atom stereocenters. The minimum absolute atomic E-state index is 0.0544. The highest BCUT2D eigenvalue weighted by atomic mass is 19.1. The summed E-state index contributed by atoms with van der Waals surface area (Å²) in [6.07, 6.45) is 3.11. The smallest absolute Gasteiger partial charge is 0.338 e. The van der Waals surface area contributed by atoms with Crippen molar-refractivity contribution in [2.24, 2.45) is 0 Å². The molecular formula is C26H31FN2O5. The lowest BCUT2D eigenvalue weighted by Gasteiger charge is -2.38. The fourth-order valence-corrected chi connectivity index (χ4v) is 4.11. The van der Waals surface area contributed by atoms with Crippen molar-refractivity contribution in [2.45, 2.75) is 51.7 Å². The molecule has 1 aliphatic rings. The third-order valence-corrected chi connectivity index (χ3v) is 6.05. The lowest BCUT2D eigenvalue weighted by molar-refractivity contribution is -0.139. The van der Waals surface area contributed by atoms with Crippen LogP contribution in [-0.2, 0) is 20.9 Å². The Hall–Kier alpha value is -3.42. The highest BCUT2D eigenvalue weighted by Gasteiger charge is 2.29. The molecule has 2 unspecified atom stereocenters. The quantitative estimate of drug-likeness (QED) is 0.549. The second kappa shape index (κ2) is 11.6. The Morgan fingerprint density at radius 3 is 2.29 bits per heavy atom. The molecule has 0 spiro atoms. The van der Waals surface area contributed by atoms with Crippen molar-refractivity contribution in [3.05, 3.63) is 65.5 Å². The van der Waals surface area contributed by atoms with Crippen molar-refractivity contribution in [2.75, 3.05) is 20.3 Å². The number of benzene rings is 2. The topological polar surface area (TPSA) is 76.1 Å². The van der Waals surface area contributed by atoms with Crippen LogP contribution in [0.1, 0.15) is 49.0 Å². The third-order valence-electron chi connectivity index (χ3n) is 6.05. The highest BCUT2D eigenvalue weighted by molar-refractivity contribution is 5.91. The van der Waals surface area contributed by atoms with E-state index in [-0.39, 0.29) is 36.7 Å². The lowest BCUT2D eigenvalue weighted by atomic mass is 9.97. The molecular weight excluding hydrogens is 439 g/mol. The van der Waals surface area contributed by atoms with Crippen molar-refractivity contribution in [3.8, 4) is 5.75 Å². The Bertz CT molecular complexity index is 1000. The van der Waals surface area contributed by atoms with Gasteiger partial charge >= 0.3 is 5.97 Å². The summed E-state index contributed by atoms with van der Waals surface area (Å²) >= 11 is 0. The maximum absolute atomic E-state index is 13.8. The number of carbonyl (C=O) groups is 3. The number of hydrogen-bond donors (Lipinski definition) is 0. The van der Waals surface area contributed by atoms with Gasteiger partial charge in [0.25, 0.3) is 11.8 Å². The zero-order valence-corrected chi connectivity index (χ0v) is 19.8. The summed E-state index contributed by atoms with van der Waals surface area (Å²) in [4.78, 5) is 40.3. The summed E-state index contributed by atoms with van der Waals surface area (Å²) in [5, 5.41) is 0. The number of piperidine rings is 1. The second-order valence-corrected chi connectivity index (χ2v) is 8.66. The number of likely N-dealkylation sites (tertiary alicyclic amines) is 1. The monoisotopic (exact) mass is 470 g/mol. The van der Waals surface area contributed by atoms with Crippen molar-refractivity contribution >= 4 is 17.8 Å². The molecule has 1 saturated heterocycles. The summed E-state index contributed by atoms with van der Waals surface area (Å²) in [5.41, 5.74) is 0.629. The van der Waals surface area contributed by atoms with Crippen LogP contribution in [0.25, 0.3) is 0 Å². The maximum Gasteiger partial charge on any atom is 0.338 e. The molecule has 0 saturated carbocycles. The number of hydrogen-bond acceptors (Lipinski definition) is 5. The van der Waals surface area contributed by atoms with Crippen molar-refractivity contribution in [1.82, 2.24) is 9.80 Å². The summed E-state index contributed by atoms with van der Waals surface area (Å²) in [5.74, 6) is -1.10. The van der Waals surface area contributed by atoms with E-state index in [1.807, 2.05) is 4.90 Å². The van der Waals surface area contributed by atoms with E-state index in [9.17, 15) is 18.8 Å². The number of halogens is 1. The summed E-state index contributed by atoms with van der Waals surface area (Å²) in [6.45, 7) is 3.65. The first-order valence-electron chi connectivity index (χ1n) is 11.4. The summed E-state index contributed by atoms with van der Waals surface area (Å²) in [7, 11) is 1.52. The molecule has 2 amide bonds. The van der Waals surface area contributed by atoms with Crippen LogP contribution in [0.5, 0.6) is 5.75 Å². The van der Waals surface area contributed by atoms with E-state index in [0.717, 1.165) is 19.3 Å². The minimum atomic E-state index is -0.661. The molecule has 8 heteroatoms. The molecule has 1 fully saturated rings. The van der Waals surface area contributed by atoms with Gasteiger partial charge in [-0.05, 0) is 63.4 Å². The van der Waals surface area contributed by atoms with Gasteiger partial charge in [-0.2, -0.15) is 0 Å². The first kappa shape index (κ1) is 25.2. The molecule has 1 heterocycles. The third kappa shape index (κ3) is 6.56. The lowest BCUT2D eigenvalue weighted by Crippen LogP contribution is -2.49. The van der Waals surface area contributed by atoms with Gasteiger partial charge in [0, 0.05) is 31.2 Å². The van der Waals surface area contributed by atoms with Gasteiger partial charge in [-0.25, -0.2) is 9.18 Å². The number of likely N-dealkylation sites (N-methyl/N-ethyl adjacent to an activating group) is 1. The molecule has 0 aliphatic carbocycles. The maximum atomic E-state index is 13.8. The van der Waals surface area contributed by atoms with E-state index in [1.165, 1.54) is 30.1 Å². The molecule has 2 aromatic carbocycles. The van der Waals surface area contributed by atoms with Gasteiger partial charge in [0.2, 0.25) is 0 Å². The first-order chi connectivity index (χ1) is 16.3. The number of amides is 2. The van der Waals surface area contributed by atoms with Crippen LogP contribution in [0.4, 0.5) is 4.39 Å². The molecule has 7 nitrogen and oxygen atoms in total. The van der Waals surface area contributed by atoms with Crippen LogP contribution in [-0.4, -0.2) is 59.9 Å². The van der Waals surface area contributed by atoms with Gasteiger partial charge in [-0.15, -0.1) is 0 Å². The number of nitrogens with zero attached hydrogens (tertiary/aromatic N) is 2. The second-order valence-electron chi connectivity index (χ2n) is 8.66. The molecule has 3 rings (SSSR count). The van der Waals surface area contributed by atoms with Crippen LogP contribution in [0.3, 0.4) is 0 Å². The van der Waals surface area contributed by atoms with E-state index in [2.05, 4.69) is 13.8 Å². The number of rotatable bonds is 8. The fourth-order valence-electron chi connectivity index (χ4n) is 4.11. The molecule has 34 heavy (non-hydrogen) atoms. The fraction of sp³-hybridized carbons (Fsp3) is 0.423. The van der Waals surface area contributed by atoms with Crippen molar-refractivity contribution in [1.29, 1.82) is 0 Å². The molecule has 1 aliphatic heterocycles. The SMILES string of the molecule is CC1CCCC(C)N1C(=O)COc1ccc(C(=O)OCC(=O)N(C)Cc2ccccc2F)cc1. The molecule has 0 radical (unpaired) electrons. The number of esters is 1. The van der Waals surface area contributed by atoms with E-state index in [1.54, 1.807) is 30.3 Å². The van der Waals surface area contributed by atoms with Gasteiger partial charge in [0.05, 0.1) is 5.56 Å². The number of carbonyl (C=O) groups excluding carboxylic acids is 3. The first-order valence-corrected chi connectivity index (χ1v) is 11.4. The minimum Gasteiger partial charge on any atom is -0.484 e. The Morgan fingerprint density at radius 2 is 1.65 bits per heavy atom. The molecule has 182 valence electrons. The van der Waals surface area contributed by atoms with Crippen molar-refractivity contribution < 1.29 is 28.2 Å². The predicted molar refractivity (Wildman–Crippen MR) is 125 cm³/mol. The predicted octanol–water partition coefficient (Wildman–Crippen LogP) is 3.81. The van der Waals surface area contributed by atoms with Crippen LogP contribution in [0, 0.1) is 5.82 Å². The summed E-state index contributed by atoms with van der Waals surface area (Å²) < 4.78 is 24.5. The number of ether oxygens (including phenoxy) is 2. The van der Waals surface area contributed by atoms with Crippen LogP contribution >= 0.6 is 0 Å². The van der Waals surface area contributed by atoms with Crippen LogP contribution in [0.15, 0.2) is 48.5 Å². The Labute approximate surface area is 199 Å². The van der Waals surface area contributed by atoms with Gasteiger partial charge < -0.3 is 19.3 Å². The molecule has 2 aromatic rings. The van der Waals surface area contributed by atoms with E-state index in [4.69, 9.17) is 9.47 Å². The van der Waals surface area contributed by atoms with Gasteiger partial charge in [-0.3, -0.25) is 9.59 Å². The van der Waals surface area contributed by atoms with E-state index < -0.39 is 24.3 Å². The van der Waals surface area contributed by atoms with E-state index in [0.29, 0.717) is 11.3 Å². The Morgan fingerprint density at radius 1 is 1.00 bits per heavy atom. The van der Waals surface area contributed by atoms with Crippen LogP contribution in [0.2, 0.25) is 0 Å². The molecule has 0 bridgehead atoms. The Kier molecular flexibility index (Phi) is 8.62. The normalized spacial score (nSPS) is 17.7. The average Bonchev–Trinajstić information content (AvgIpc) is 2.82. The van der Waals surface area contributed by atoms with Gasteiger partial charge in [0.1, 0.15) is 11.6 Å². The Balaban J connectivity index is 1.45. The standard InChI is InChI=1S/C26H31FN2O5/c1-18-7-6-8-19(2)29(18)25(31)17-33-22-13-11-20(12-14-22)26(32)34-16-24(30)28(3)15-21-9-4-5-10-23(21)27/h4-5,9-14,18-19H,6-8,15-17H2,1-3H3.